The fourth-order valence-electron chi connectivity index (χ4n) is 2.14. The van der Waals surface area contributed by atoms with Crippen LogP contribution in [0.4, 0.5) is 4.39 Å². The maximum absolute atomic E-state index is 13.9. The number of nitrogens with two attached hydrogens (primary N) is 1. The molecule has 0 heterocycles. The van der Waals surface area contributed by atoms with Crippen LogP contribution in [0.2, 0.25) is 0 Å². The summed E-state index contributed by atoms with van der Waals surface area (Å²) in [5, 5.41) is 0. The Morgan fingerprint density at radius 2 is 2.24 bits per heavy atom. The minimum absolute atomic E-state index is 0.0323. The Morgan fingerprint density at radius 3 is 2.81 bits per heavy atom. The highest BCUT2D eigenvalue weighted by Crippen LogP contribution is 2.25. The Morgan fingerprint density at radius 1 is 1.52 bits per heavy atom. The van der Waals surface area contributed by atoms with Gasteiger partial charge in [-0.05, 0) is 43.4 Å². The molecule has 0 spiro atoms. The lowest BCUT2D eigenvalue weighted by molar-refractivity contribution is -0.132. The Hall–Kier alpha value is -1.62. The van der Waals surface area contributed by atoms with Crippen LogP contribution in [0, 0.1) is 5.82 Å². The highest BCUT2D eigenvalue weighted by Gasteiger charge is 2.29. The molecule has 0 aromatic heterocycles. The maximum atomic E-state index is 13.9. The van der Waals surface area contributed by atoms with E-state index in [4.69, 9.17) is 10.5 Å². The number of benzene rings is 1. The van der Waals surface area contributed by atoms with Crippen LogP contribution in [0.1, 0.15) is 31.7 Å². The van der Waals surface area contributed by atoms with Crippen LogP contribution in [0.3, 0.4) is 0 Å². The normalized spacial score (nSPS) is 15.6. The van der Waals surface area contributed by atoms with Crippen molar-refractivity contribution in [2.24, 2.45) is 5.73 Å². The summed E-state index contributed by atoms with van der Waals surface area (Å²) in [5.74, 6) is -0.451. The predicted molar refractivity (Wildman–Crippen MR) is 79.7 cm³/mol. The van der Waals surface area contributed by atoms with E-state index in [0.29, 0.717) is 12.5 Å². The molecule has 1 amide bonds. The van der Waals surface area contributed by atoms with Gasteiger partial charge in [0, 0.05) is 19.1 Å². The monoisotopic (exact) mass is 294 g/mol. The van der Waals surface area contributed by atoms with Crippen LogP contribution < -0.4 is 10.5 Å². The first-order chi connectivity index (χ1) is 10.0. The molecule has 1 unspecified atom stereocenters. The first-order valence-electron chi connectivity index (χ1n) is 7.43. The summed E-state index contributed by atoms with van der Waals surface area (Å²) < 4.78 is 19.2. The van der Waals surface area contributed by atoms with Gasteiger partial charge in [0.2, 0.25) is 0 Å². The van der Waals surface area contributed by atoms with Crippen LogP contribution in [-0.2, 0) is 11.2 Å². The number of hydrogen-bond donors (Lipinski definition) is 1. The molecule has 2 N–H and O–H groups in total. The molecule has 1 atom stereocenters. The summed E-state index contributed by atoms with van der Waals surface area (Å²) in [6.45, 7) is 1.87. The Labute approximate surface area is 125 Å². The molecule has 0 saturated heterocycles. The van der Waals surface area contributed by atoms with E-state index in [-0.39, 0.29) is 24.3 Å². The molecule has 4 nitrogen and oxygen atoms in total. The first-order valence-corrected chi connectivity index (χ1v) is 7.43. The van der Waals surface area contributed by atoms with Crippen LogP contribution in [0.25, 0.3) is 0 Å². The summed E-state index contributed by atoms with van der Waals surface area (Å²) in [7, 11) is 1.76. The Kier molecular flexibility index (Phi) is 5.17. The highest BCUT2D eigenvalue weighted by atomic mass is 19.1. The van der Waals surface area contributed by atoms with Crippen molar-refractivity contribution in [1.29, 1.82) is 0 Å². The molecule has 0 bridgehead atoms. The number of likely N-dealkylation sites (N-methyl/N-ethyl adjacent to an activating group) is 1. The molecule has 0 aliphatic heterocycles. The first kappa shape index (κ1) is 15.8. The van der Waals surface area contributed by atoms with Crippen LogP contribution in [-0.4, -0.2) is 36.5 Å². The van der Waals surface area contributed by atoms with Crippen molar-refractivity contribution < 1.29 is 13.9 Å². The van der Waals surface area contributed by atoms with Gasteiger partial charge in [-0.3, -0.25) is 4.79 Å². The van der Waals surface area contributed by atoms with Gasteiger partial charge in [-0.2, -0.15) is 0 Å². The summed E-state index contributed by atoms with van der Waals surface area (Å²) in [5.41, 5.74) is 6.70. The van der Waals surface area contributed by atoms with Crippen molar-refractivity contribution in [2.45, 2.75) is 44.7 Å². The lowest BCUT2D eigenvalue weighted by atomic mass is 10.0. The van der Waals surface area contributed by atoms with Crippen molar-refractivity contribution in [3.8, 4) is 5.75 Å². The zero-order valence-electron chi connectivity index (χ0n) is 12.6. The summed E-state index contributed by atoms with van der Waals surface area (Å²) in [6.07, 6.45) is 3.57. The Bertz CT molecular complexity index is 503. The molecule has 116 valence electrons. The second kappa shape index (κ2) is 6.89. The maximum Gasteiger partial charge on any atom is 0.260 e. The average molecular weight is 294 g/mol. The lowest BCUT2D eigenvalue weighted by Crippen LogP contribution is -2.33. The van der Waals surface area contributed by atoms with Gasteiger partial charge in [0.15, 0.2) is 18.2 Å². The third-order valence-electron chi connectivity index (χ3n) is 3.86. The number of amides is 1. The quantitative estimate of drug-likeness (QED) is 0.838. The number of ether oxygens (including phenoxy) is 1. The standard InChI is InChI=1S/C16H23FN2O2/c1-3-12(18)8-11-4-7-15(14(17)9-11)21-10-16(20)19(2)13-5-6-13/h4,7,9,12-13H,3,5-6,8,10,18H2,1-2H3. The van der Waals surface area contributed by atoms with Gasteiger partial charge in [0.05, 0.1) is 0 Å². The van der Waals surface area contributed by atoms with Gasteiger partial charge >= 0.3 is 0 Å². The average Bonchev–Trinajstić information content (AvgIpc) is 3.29. The van der Waals surface area contributed by atoms with Gasteiger partial charge in [0.1, 0.15) is 0 Å². The second-order valence-corrected chi connectivity index (χ2v) is 5.66. The van der Waals surface area contributed by atoms with Gasteiger partial charge in [0.25, 0.3) is 5.91 Å². The van der Waals surface area contributed by atoms with Gasteiger partial charge in [-0.1, -0.05) is 13.0 Å². The van der Waals surface area contributed by atoms with Crippen LogP contribution in [0.5, 0.6) is 5.75 Å². The van der Waals surface area contributed by atoms with Crippen LogP contribution >= 0.6 is 0 Å². The fourth-order valence-corrected chi connectivity index (χ4v) is 2.14. The lowest BCUT2D eigenvalue weighted by Gasteiger charge is -2.17. The molecule has 0 radical (unpaired) electrons. The van der Waals surface area contributed by atoms with Gasteiger partial charge in [-0.15, -0.1) is 0 Å². The zero-order valence-corrected chi connectivity index (χ0v) is 12.6. The molecule has 2 rings (SSSR count). The Balaban J connectivity index is 1.89. The molecule has 1 aliphatic carbocycles. The molecule has 1 aromatic carbocycles. The molecule has 5 heteroatoms. The van der Waals surface area contributed by atoms with E-state index in [1.165, 1.54) is 6.07 Å². The molecule has 1 aliphatic rings. The zero-order chi connectivity index (χ0) is 15.4. The number of halogens is 1. The molecule has 21 heavy (non-hydrogen) atoms. The second-order valence-electron chi connectivity index (χ2n) is 5.66. The number of rotatable bonds is 7. The van der Waals surface area contributed by atoms with Crippen molar-refractivity contribution in [2.75, 3.05) is 13.7 Å². The topological polar surface area (TPSA) is 55.6 Å². The smallest absolute Gasteiger partial charge is 0.260 e. The largest absolute Gasteiger partial charge is 0.481 e. The summed E-state index contributed by atoms with van der Waals surface area (Å²) >= 11 is 0. The van der Waals surface area contributed by atoms with E-state index >= 15 is 0 Å². The molecular formula is C16H23FN2O2. The van der Waals surface area contributed by atoms with E-state index in [1.807, 2.05) is 6.92 Å². The van der Waals surface area contributed by atoms with Crippen molar-refractivity contribution in [3.63, 3.8) is 0 Å². The van der Waals surface area contributed by atoms with Gasteiger partial charge < -0.3 is 15.4 Å². The third-order valence-corrected chi connectivity index (χ3v) is 3.86. The van der Waals surface area contributed by atoms with Crippen molar-refractivity contribution in [1.82, 2.24) is 4.90 Å². The predicted octanol–water partition coefficient (Wildman–Crippen LogP) is 2.11. The highest BCUT2D eigenvalue weighted by molar-refractivity contribution is 5.78. The van der Waals surface area contributed by atoms with E-state index in [9.17, 15) is 9.18 Å². The van der Waals surface area contributed by atoms with E-state index in [2.05, 4.69) is 0 Å². The summed E-state index contributed by atoms with van der Waals surface area (Å²) in [4.78, 5) is 13.5. The number of hydrogen-bond acceptors (Lipinski definition) is 3. The minimum atomic E-state index is -0.447. The minimum Gasteiger partial charge on any atom is -0.481 e. The molecule has 1 saturated carbocycles. The SMILES string of the molecule is CCC(N)Cc1ccc(OCC(=O)N(C)C2CC2)c(F)c1. The van der Waals surface area contributed by atoms with E-state index in [0.717, 1.165) is 24.8 Å². The van der Waals surface area contributed by atoms with Gasteiger partial charge in [-0.25, -0.2) is 4.39 Å². The molecular weight excluding hydrogens is 271 g/mol. The molecule has 1 aromatic rings. The van der Waals surface area contributed by atoms with Crippen molar-refractivity contribution in [3.05, 3.63) is 29.6 Å². The summed E-state index contributed by atoms with van der Waals surface area (Å²) in [6, 6.07) is 5.16. The molecule has 1 fully saturated rings. The van der Waals surface area contributed by atoms with E-state index in [1.54, 1.807) is 24.1 Å². The number of carbonyl (C=O) groups is 1. The number of nitrogens with zero attached hydrogens (tertiary/aromatic N) is 1. The van der Waals surface area contributed by atoms with Crippen molar-refractivity contribution >= 4 is 5.91 Å². The van der Waals surface area contributed by atoms with E-state index < -0.39 is 5.82 Å². The third kappa shape index (κ3) is 4.43. The van der Waals surface area contributed by atoms with Crippen LogP contribution in [0.15, 0.2) is 18.2 Å². The number of carbonyl (C=O) groups excluding carboxylic acids is 1. The fraction of sp³-hybridized carbons (Fsp3) is 0.562.